The highest BCUT2D eigenvalue weighted by molar-refractivity contribution is 6.63. The van der Waals surface area contributed by atoms with Crippen molar-refractivity contribution in [2.75, 3.05) is 64.0 Å². The fourth-order valence-corrected chi connectivity index (χ4v) is 15.8. The first kappa shape index (κ1) is 32.5. The van der Waals surface area contributed by atoms with Crippen molar-refractivity contribution in [1.82, 2.24) is 0 Å². The Morgan fingerprint density at radius 1 is 0.469 bits per heavy atom. The first-order chi connectivity index (χ1) is 14.9. The molecule has 0 saturated carbocycles. The Bertz CT molecular complexity index is 423. The normalized spacial score (nSPS) is 18.4. The zero-order valence-corrected chi connectivity index (χ0v) is 27.5. The standard InChI is InChI=1S/C19H48O9Si4/c1-16(30(20-4,21-5)22-6)13-19(29,14-17(2)31(23-7,24-8)25-9)15-18(3)32(26-10,27-11)28-12/h16-18H,13-15H2,1-12,29H3. The minimum Gasteiger partial charge on any atom is -0.377 e. The summed E-state index contributed by atoms with van der Waals surface area (Å²) in [6, 6.07) is 0. The Balaban J connectivity index is 6.16. The molecule has 0 heterocycles. The molecule has 9 nitrogen and oxygen atoms in total. The predicted octanol–water partition coefficient (Wildman–Crippen LogP) is 2.49. The van der Waals surface area contributed by atoms with E-state index in [4.69, 9.17) is 39.8 Å². The highest BCUT2D eigenvalue weighted by Crippen LogP contribution is 2.52. The van der Waals surface area contributed by atoms with Crippen LogP contribution in [0.2, 0.25) is 21.7 Å². The molecule has 0 spiro atoms. The molecule has 3 unspecified atom stereocenters. The third kappa shape index (κ3) is 7.26. The van der Waals surface area contributed by atoms with Gasteiger partial charge in [-0.1, -0.05) is 20.8 Å². The third-order valence-corrected chi connectivity index (χ3v) is 17.3. The van der Waals surface area contributed by atoms with Crippen LogP contribution in [0.15, 0.2) is 0 Å². The van der Waals surface area contributed by atoms with Crippen LogP contribution >= 0.6 is 0 Å². The first-order valence-corrected chi connectivity index (χ1v) is 17.3. The predicted molar refractivity (Wildman–Crippen MR) is 135 cm³/mol. The Hall–Kier alpha value is 0.508. The van der Waals surface area contributed by atoms with Gasteiger partial charge in [-0.05, 0) is 24.3 Å². The van der Waals surface area contributed by atoms with Crippen LogP contribution in [0.3, 0.4) is 0 Å². The van der Waals surface area contributed by atoms with Crippen LogP contribution in [-0.4, -0.2) is 101 Å². The van der Waals surface area contributed by atoms with E-state index in [0.29, 0.717) is 0 Å². The zero-order valence-electron chi connectivity index (χ0n) is 22.5. The maximum Gasteiger partial charge on any atom is 0.503 e. The Labute approximate surface area is 202 Å². The molecular weight excluding hydrogens is 485 g/mol. The molecule has 0 radical (unpaired) electrons. The first-order valence-electron chi connectivity index (χ1n) is 10.9. The minimum absolute atomic E-state index is 0.0478. The van der Waals surface area contributed by atoms with E-state index in [-0.39, 0.29) is 21.7 Å². The molecular formula is C19H48O9Si4. The van der Waals surface area contributed by atoms with Gasteiger partial charge in [-0.3, -0.25) is 0 Å². The lowest BCUT2D eigenvalue weighted by Crippen LogP contribution is -2.51. The van der Waals surface area contributed by atoms with Crippen molar-refractivity contribution < 1.29 is 39.8 Å². The van der Waals surface area contributed by atoms with Gasteiger partial charge >= 0.3 is 26.4 Å². The van der Waals surface area contributed by atoms with Gasteiger partial charge in [0, 0.05) is 90.9 Å². The fourth-order valence-electron chi connectivity index (χ4n) is 5.40. The molecule has 0 fully saturated rings. The molecule has 0 aliphatic heterocycles. The number of rotatable bonds is 18. The Morgan fingerprint density at radius 3 is 0.750 bits per heavy atom. The topological polar surface area (TPSA) is 83.1 Å². The molecule has 13 heteroatoms. The molecule has 0 bridgehead atoms. The quantitative estimate of drug-likeness (QED) is 0.247. The van der Waals surface area contributed by atoms with E-state index in [1.165, 1.54) is 0 Å². The second-order valence-electron chi connectivity index (χ2n) is 8.77. The highest BCUT2D eigenvalue weighted by atomic mass is 28.4. The molecule has 0 N–H and O–H groups in total. The average Bonchev–Trinajstić information content (AvgIpc) is 2.78. The summed E-state index contributed by atoms with van der Waals surface area (Å²) in [4.78, 5) is 0. The van der Waals surface area contributed by atoms with Crippen molar-refractivity contribution in [3.63, 3.8) is 0 Å². The van der Waals surface area contributed by atoms with E-state index >= 15 is 0 Å². The van der Waals surface area contributed by atoms with Crippen LogP contribution < -0.4 is 0 Å². The van der Waals surface area contributed by atoms with Gasteiger partial charge in [0.25, 0.3) is 0 Å². The van der Waals surface area contributed by atoms with Gasteiger partial charge in [0.05, 0.1) is 0 Å². The van der Waals surface area contributed by atoms with E-state index in [0.717, 1.165) is 29.5 Å². The van der Waals surface area contributed by atoms with Crippen molar-refractivity contribution in [3.8, 4) is 0 Å². The summed E-state index contributed by atoms with van der Waals surface area (Å²) in [5.74, 6) is 0. The SMILES string of the molecule is CO[Si](OC)(OC)C(C)CC([SiH3])(CC(C)[Si](OC)(OC)OC)CC(C)[Si](OC)(OC)OC. The molecule has 3 atom stereocenters. The van der Waals surface area contributed by atoms with E-state index in [9.17, 15) is 0 Å². The van der Waals surface area contributed by atoms with E-state index in [1.807, 2.05) is 0 Å². The summed E-state index contributed by atoms with van der Waals surface area (Å²) in [6.07, 6.45) is 2.58. The van der Waals surface area contributed by atoms with Crippen LogP contribution in [0.4, 0.5) is 0 Å². The van der Waals surface area contributed by atoms with Crippen molar-refractivity contribution >= 4 is 36.7 Å². The van der Waals surface area contributed by atoms with E-state index in [1.54, 1.807) is 64.0 Å². The van der Waals surface area contributed by atoms with Crippen molar-refractivity contribution in [2.45, 2.75) is 61.7 Å². The van der Waals surface area contributed by atoms with Gasteiger partial charge in [-0.25, -0.2) is 0 Å². The molecule has 0 rings (SSSR count). The second kappa shape index (κ2) is 14.2. The molecule has 0 amide bonds. The van der Waals surface area contributed by atoms with E-state index < -0.39 is 26.4 Å². The average molecular weight is 533 g/mol. The van der Waals surface area contributed by atoms with Crippen LogP contribution in [0.5, 0.6) is 0 Å². The maximum atomic E-state index is 5.79. The lowest BCUT2D eigenvalue weighted by Gasteiger charge is -2.43. The van der Waals surface area contributed by atoms with E-state index in [2.05, 4.69) is 20.8 Å². The molecule has 194 valence electrons. The fraction of sp³-hybridized carbons (Fsp3) is 1.00. The Kier molecular flexibility index (Phi) is 14.4. The number of hydrogen-bond acceptors (Lipinski definition) is 9. The van der Waals surface area contributed by atoms with Crippen molar-refractivity contribution in [2.24, 2.45) is 0 Å². The van der Waals surface area contributed by atoms with Gasteiger partial charge in [0.15, 0.2) is 0 Å². The molecule has 0 aliphatic rings. The monoisotopic (exact) mass is 532 g/mol. The van der Waals surface area contributed by atoms with Gasteiger partial charge in [-0.2, -0.15) is 0 Å². The number of hydrogen-bond donors (Lipinski definition) is 0. The third-order valence-electron chi connectivity index (χ3n) is 6.77. The summed E-state index contributed by atoms with van der Waals surface area (Å²) in [5, 5.41) is -0.0478. The smallest absolute Gasteiger partial charge is 0.377 e. The summed E-state index contributed by atoms with van der Waals surface area (Å²) in [5.41, 5.74) is 0.269. The van der Waals surface area contributed by atoms with Gasteiger partial charge in [0.2, 0.25) is 0 Å². The summed E-state index contributed by atoms with van der Waals surface area (Å²) in [6.45, 7) is 6.43. The largest absolute Gasteiger partial charge is 0.503 e. The minimum atomic E-state index is -2.82. The van der Waals surface area contributed by atoms with Crippen LogP contribution in [-0.2, 0) is 39.8 Å². The summed E-state index contributed by atoms with van der Waals surface area (Å²) < 4.78 is 52.2. The van der Waals surface area contributed by atoms with Crippen molar-refractivity contribution in [1.29, 1.82) is 0 Å². The highest BCUT2D eigenvalue weighted by Gasteiger charge is 2.53. The second-order valence-corrected chi connectivity index (χ2v) is 21.1. The van der Waals surface area contributed by atoms with Gasteiger partial charge in [-0.15, -0.1) is 0 Å². The van der Waals surface area contributed by atoms with Crippen LogP contribution in [0, 0.1) is 0 Å². The molecule has 0 saturated heterocycles. The maximum absolute atomic E-state index is 5.79. The van der Waals surface area contributed by atoms with Gasteiger partial charge < -0.3 is 39.8 Å². The van der Waals surface area contributed by atoms with Crippen LogP contribution in [0.1, 0.15) is 40.0 Å². The molecule has 0 aromatic heterocycles. The molecule has 0 aliphatic carbocycles. The van der Waals surface area contributed by atoms with Crippen LogP contribution in [0.25, 0.3) is 0 Å². The lowest BCUT2D eigenvalue weighted by molar-refractivity contribution is 0.0984. The summed E-state index contributed by atoms with van der Waals surface area (Å²) >= 11 is 0. The summed E-state index contributed by atoms with van der Waals surface area (Å²) in [7, 11) is 7.39. The molecule has 0 aromatic rings. The van der Waals surface area contributed by atoms with Gasteiger partial charge in [0.1, 0.15) is 0 Å². The Morgan fingerprint density at radius 2 is 0.625 bits per heavy atom. The zero-order chi connectivity index (χ0) is 25.2. The lowest BCUT2D eigenvalue weighted by atomic mass is 9.91. The molecule has 32 heavy (non-hydrogen) atoms. The van der Waals surface area contributed by atoms with Crippen molar-refractivity contribution in [3.05, 3.63) is 0 Å². The molecule has 0 aromatic carbocycles.